The molecule has 0 saturated heterocycles. The fourth-order valence-electron chi connectivity index (χ4n) is 1.64. The number of benzene rings is 1. The maximum absolute atomic E-state index is 10.6. The minimum absolute atomic E-state index is 0.0693. The van der Waals surface area contributed by atoms with Crippen LogP contribution in [0, 0.1) is 13.8 Å². The molecule has 0 aliphatic carbocycles. The van der Waals surface area contributed by atoms with Gasteiger partial charge in [0.15, 0.2) is 0 Å². The molecule has 0 unspecified atom stereocenters. The van der Waals surface area contributed by atoms with E-state index in [9.17, 15) is 9.59 Å². The normalized spacial score (nSPS) is 10.1. The van der Waals surface area contributed by atoms with Gasteiger partial charge in [-0.05, 0) is 36.1 Å². The van der Waals surface area contributed by atoms with Crippen molar-refractivity contribution >= 4 is 11.9 Å². The van der Waals surface area contributed by atoms with Gasteiger partial charge in [-0.25, -0.2) is 0 Å². The molecule has 4 heteroatoms. The molecule has 0 aliphatic heterocycles. The topological polar surface area (TPSA) is 74.6 Å². The highest BCUT2D eigenvalue weighted by Gasteiger charge is 2.09. The lowest BCUT2D eigenvalue weighted by atomic mass is 9.96. The van der Waals surface area contributed by atoms with Crippen LogP contribution in [0.15, 0.2) is 12.1 Å². The molecule has 0 radical (unpaired) electrons. The van der Waals surface area contributed by atoms with Crippen LogP contribution in [0.2, 0.25) is 0 Å². The molecule has 1 aromatic carbocycles. The Morgan fingerprint density at radius 1 is 1.06 bits per heavy atom. The first-order valence-electron chi connectivity index (χ1n) is 4.92. The van der Waals surface area contributed by atoms with Crippen molar-refractivity contribution < 1.29 is 19.8 Å². The Morgan fingerprint density at radius 3 is 2.12 bits per heavy atom. The van der Waals surface area contributed by atoms with Gasteiger partial charge in [0.05, 0.1) is 12.8 Å². The molecule has 2 N–H and O–H groups in total. The Bertz CT molecular complexity index is 435. The summed E-state index contributed by atoms with van der Waals surface area (Å²) in [6.45, 7) is 3.70. The fraction of sp³-hybridized carbons (Fsp3) is 0.333. The Morgan fingerprint density at radius 2 is 1.62 bits per heavy atom. The summed E-state index contributed by atoms with van der Waals surface area (Å²) in [5.41, 5.74) is 3.17. The van der Waals surface area contributed by atoms with Gasteiger partial charge in [-0.2, -0.15) is 0 Å². The molecule has 0 aliphatic rings. The molecule has 0 amide bonds. The smallest absolute Gasteiger partial charge is 0.307 e. The van der Waals surface area contributed by atoms with Crippen LogP contribution in [0.5, 0.6) is 0 Å². The number of carboxylic acid groups (broad SMARTS) is 2. The van der Waals surface area contributed by atoms with Crippen molar-refractivity contribution in [1.29, 1.82) is 0 Å². The van der Waals surface area contributed by atoms with Gasteiger partial charge < -0.3 is 10.2 Å². The van der Waals surface area contributed by atoms with E-state index in [2.05, 4.69) is 0 Å². The number of hydrogen-bond acceptors (Lipinski definition) is 2. The van der Waals surface area contributed by atoms with E-state index in [0.29, 0.717) is 11.1 Å². The van der Waals surface area contributed by atoms with E-state index in [1.165, 1.54) is 0 Å². The third-order valence-corrected chi connectivity index (χ3v) is 2.53. The molecule has 0 fully saturated rings. The van der Waals surface area contributed by atoms with E-state index in [1.807, 2.05) is 13.8 Å². The third-order valence-electron chi connectivity index (χ3n) is 2.53. The summed E-state index contributed by atoms with van der Waals surface area (Å²) < 4.78 is 0. The monoisotopic (exact) mass is 222 g/mol. The molecule has 1 rings (SSSR count). The summed E-state index contributed by atoms with van der Waals surface area (Å²) in [4.78, 5) is 21.2. The Labute approximate surface area is 93.5 Å². The predicted molar refractivity (Wildman–Crippen MR) is 58.6 cm³/mol. The number of rotatable bonds is 4. The molecule has 0 bridgehead atoms. The largest absolute Gasteiger partial charge is 0.481 e. The van der Waals surface area contributed by atoms with E-state index >= 15 is 0 Å². The van der Waals surface area contributed by atoms with Crippen molar-refractivity contribution in [3.05, 3.63) is 34.4 Å². The lowest BCUT2D eigenvalue weighted by molar-refractivity contribution is -0.137. The first kappa shape index (κ1) is 12.2. The molecular weight excluding hydrogens is 208 g/mol. The van der Waals surface area contributed by atoms with Gasteiger partial charge in [0.25, 0.3) is 0 Å². The fourth-order valence-corrected chi connectivity index (χ4v) is 1.64. The number of carboxylic acids is 2. The van der Waals surface area contributed by atoms with Crippen LogP contribution in [0.3, 0.4) is 0 Å². The first-order chi connectivity index (χ1) is 7.40. The van der Waals surface area contributed by atoms with Crippen LogP contribution in [0.1, 0.15) is 22.3 Å². The zero-order valence-electron chi connectivity index (χ0n) is 9.28. The van der Waals surface area contributed by atoms with Crippen LogP contribution in [0.4, 0.5) is 0 Å². The summed E-state index contributed by atoms with van der Waals surface area (Å²) in [7, 11) is 0. The van der Waals surface area contributed by atoms with Crippen LogP contribution in [-0.2, 0) is 22.4 Å². The van der Waals surface area contributed by atoms with E-state index in [4.69, 9.17) is 10.2 Å². The minimum Gasteiger partial charge on any atom is -0.481 e. The van der Waals surface area contributed by atoms with Crippen LogP contribution in [-0.4, -0.2) is 22.2 Å². The van der Waals surface area contributed by atoms with Crippen molar-refractivity contribution in [3.8, 4) is 0 Å². The van der Waals surface area contributed by atoms with Gasteiger partial charge in [0.1, 0.15) is 0 Å². The second-order valence-electron chi connectivity index (χ2n) is 3.84. The van der Waals surface area contributed by atoms with E-state index in [-0.39, 0.29) is 12.8 Å². The van der Waals surface area contributed by atoms with Crippen molar-refractivity contribution in [3.63, 3.8) is 0 Å². The molecule has 0 aromatic heterocycles. The average molecular weight is 222 g/mol. The summed E-state index contributed by atoms with van der Waals surface area (Å²) in [6, 6.07) is 3.44. The van der Waals surface area contributed by atoms with Gasteiger partial charge in [-0.15, -0.1) is 0 Å². The van der Waals surface area contributed by atoms with Crippen LogP contribution in [0.25, 0.3) is 0 Å². The first-order valence-corrected chi connectivity index (χ1v) is 4.92. The Kier molecular flexibility index (Phi) is 3.66. The molecule has 86 valence electrons. The number of hydrogen-bond donors (Lipinski definition) is 2. The molecule has 16 heavy (non-hydrogen) atoms. The van der Waals surface area contributed by atoms with E-state index < -0.39 is 11.9 Å². The molecule has 0 heterocycles. The zero-order valence-corrected chi connectivity index (χ0v) is 9.28. The maximum atomic E-state index is 10.6. The van der Waals surface area contributed by atoms with Gasteiger partial charge in [-0.3, -0.25) is 9.59 Å². The maximum Gasteiger partial charge on any atom is 0.307 e. The van der Waals surface area contributed by atoms with Crippen molar-refractivity contribution in [2.24, 2.45) is 0 Å². The zero-order chi connectivity index (χ0) is 12.3. The summed E-state index contributed by atoms with van der Waals surface area (Å²) >= 11 is 0. The molecule has 0 saturated carbocycles. The van der Waals surface area contributed by atoms with Crippen LogP contribution < -0.4 is 0 Å². The lowest BCUT2D eigenvalue weighted by Gasteiger charge is -2.09. The summed E-state index contributed by atoms with van der Waals surface area (Å²) in [5, 5.41) is 17.4. The number of carbonyl (C=O) groups is 2. The molecular formula is C12H14O4. The standard InChI is InChI=1S/C12H14O4/c1-7-3-9(5-11(13)14)4-10(8(7)2)6-12(15)16/h3-4H,5-6H2,1-2H3,(H,13,14)(H,15,16). The summed E-state index contributed by atoms with van der Waals surface area (Å²) in [5.74, 6) is -1.82. The van der Waals surface area contributed by atoms with Gasteiger partial charge in [0.2, 0.25) is 0 Å². The Balaban J connectivity index is 3.11. The van der Waals surface area contributed by atoms with Gasteiger partial charge >= 0.3 is 11.9 Å². The third kappa shape index (κ3) is 3.08. The number of aliphatic carboxylic acids is 2. The number of aryl methyl sites for hydroxylation is 1. The highest BCUT2D eigenvalue weighted by Crippen LogP contribution is 2.17. The predicted octanol–water partition coefficient (Wildman–Crippen LogP) is 1.56. The van der Waals surface area contributed by atoms with E-state index in [0.717, 1.165) is 11.1 Å². The average Bonchev–Trinajstić information content (AvgIpc) is 2.11. The summed E-state index contributed by atoms with van der Waals surface area (Å²) in [6.07, 6.45) is -0.145. The Hall–Kier alpha value is -1.84. The van der Waals surface area contributed by atoms with E-state index in [1.54, 1.807) is 12.1 Å². The molecule has 0 atom stereocenters. The highest BCUT2D eigenvalue weighted by molar-refractivity contribution is 5.73. The van der Waals surface area contributed by atoms with Crippen LogP contribution >= 0.6 is 0 Å². The lowest BCUT2D eigenvalue weighted by Crippen LogP contribution is -2.06. The van der Waals surface area contributed by atoms with Gasteiger partial charge in [-0.1, -0.05) is 12.1 Å². The SMILES string of the molecule is Cc1cc(CC(=O)O)cc(CC(=O)O)c1C. The molecule has 0 spiro atoms. The second kappa shape index (κ2) is 4.79. The van der Waals surface area contributed by atoms with Crippen molar-refractivity contribution in [1.82, 2.24) is 0 Å². The second-order valence-corrected chi connectivity index (χ2v) is 3.84. The molecule has 1 aromatic rings. The van der Waals surface area contributed by atoms with Crippen molar-refractivity contribution in [2.75, 3.05) is 0 Å². The molecule has 4 nitrogen and oxygen atoms in total. The van der Waals surface area contributed by atoms with Crippen molar-refractivity contribution in [2.45, 2.75) is 26.7 Å². The quantitative estimate of drug-likeness (QED) is 0.810. The highest BCUT2D eigenvalue weighted by atomic mass is 16.4. The van der Waals surface area contributed by atoms with Gasteiger partial charge in [0, 0.05) is 0 Å². The minimum atomic E-state index is -0.912.